The van der Waals surface area contributed by atoms with E-state index < -0.39 is 0 Å². The third-order valence-electron chi connectivity index (χ3n) is 4.38. The van der Waals surface area contributed by atoms with Gasteiger partial charge in [-0.1, -0.05) is 0 Å². The predicted octanol–water partition coefficient (Wildman–Crippen LogP) is 3.35. The lowest BCUT2D eigenvalue weighted by atomic mass is 9.88. The molecule has 1 atom stereocenters. The summed E-state index contributed by atoms with van der Waals surface area (Å²) in [7, 11) is 1.71. The molecule has 3 rings (SSSR count). The van der Waals surface area contributed by atoms with Gasteiger partial charge >= 0.3 is 0 Å². The largest absolute Gasteiger partial charge is 0.493 e. The number of benzene rings is 1. The molecule has 1 aromatic rings. The molecule has 19 heavy (non-hydrogen) atoms. The monoisotopic (exact) mass is 261 g/mol. The Labute approximate surface area is 115 Å². The third-order valence-corrected chi connectivity index (χ3v) is 4.38. The van der Waals surface area contributed by atoms with Crippen LogP contribution in [-0.2, 0) is 6.42 Å². The second-order valence-electron chi connectivity index (χ2n) is 5.72. The number of hydrogen-bond donors (Lipinski definition) is 1. The lowest BCUT2D eigenvalue weighted by Gasteiger charge is -2.25. The summed E-state index contributed by atoms with van der Waals surface area (Å²) in [5, 5.41) is 0. The first kappa shape index (κ1) is 12.8. The van der Waals surface area contributed by atoms with E-state index in [1.807, 2.05) is 0 Å². The van der Waals surface area contributed by atoms with E-state index in [0.29, 0.717) is 6.10 Å². The molecular formula is C16H23NO2. The van der Waals surface area contributed by atoms with Gasteiger partial charge in [0.05, 0.1) is 13.2 Å². The van der Waals surface area contributed by atoms with E-state index >= 15 is 0 Å². The van der Waals surface area contributed by atoms with Crippen molar-refractivity contribution in [3.05, 3.63) is 23.3 Å². The Morgan fingerprint density at radius 3 is 2.58 bits per heavy atom. The van der Waals surface area contributed by atoms with Crippen LogP contribution in [0, 0.1) is 0 Å². The highest BCUT2D eigenvalue weighted by Gasteiger charge is 2.23. The summed E-state index contributed by atoms with van der Waals surface area (Å²) in [5.41, 5.74) is 8.77. The molecule has 3 nitrogen and oxygen atoms in total. The van der Waals surface area contributed by atoms with Gasteiger partial charge in [0, 0.05) is 6.04 Å². The Bertz CT molecular complexity index is 452. The molecule has 1 aromatic carbocycles. The Kier molecular flexibility index (Phi) is 3.65. The molecule has 1 unspecified atom stereocenters. The number of ether oxygens (including phenoxy) is 2. The van der Waals surface area contributed by atoms with Crippen LogP contribution in [0.1, 0.15) is 55.7 Å². The minimum atomic E-state index is 0.151. The van der Waals surface area contributed by atoms with E-state index in [1.54, 1.807) is 7.11 Å². The van der Waals surface area contributed by atoms with Crippen molar-refractivity contribution in [1.82, 2.24) is 0 Å². The van der Waals surface area contributed by atoms with E-state index in [2.05, 4.69) is 12.1 Å². The van der Waals surface area contributed by atoms with Gasteiger partial charge in [-0.05, 0) is 68.2 Å². The number of aryl methyl sites for hydroxylation is 1. The SMILES string of the molecule is COc1cc2c(cc1OC1CCCC1)CCCC2N. The summed E-state index contributed by atoms with van der Waals surface area (Å²) in [6.45, 7) is 0. The van der Waals surface area contributed by atoms with Crippen molar-refractivity contribution in [1.29, 1.82) is 0 Å². The smallest absolute Gasteiger partial charge is 0.161 e. The van der Waals surface area contributed by atoms with Gasteiger partial charge in [-0.25, -0.2) is 0 Å². The first-order valence-electron chi connectivity index (χ1n) is 7.41. The molecule has 0 aliphatic heterocycles. The number of nitrogens with two attached hydrogens (primary N) is 1. The van der Waals surface area contributed by atoms with E-state index in [1.165, 1.54) is 43.2 Å². The van der Waals surface area contributed by atoms with Gasteiger partial charge in [0.25, 0.3) is 0 Å². The van der Waals surface area contributed by atoms with Crippen molar-refractivity contribution < 1.29 is 9.47 Å². The molecule has 0 radical (unpaired) electrons. The van der Waals surface area contributed by atoms with Crippen LogP contribution in [0.15, 0.2) is 12.1 Å². The lowest BCUT2D eigenvalue weighted by molar-refractivity contribution is 0.200. The van der Waals surface area contributed by atoms with E-state index in [9.17, 15) is 0 Å². The molecular weight excluding hydrogens is 238 g/mol. The number of hydrogen-bond acceptors (Lipinski definition) is 3. The summed E-state index contributed by atoms with van der Waals surface area (Å²) < 4.78 is 11.6. The highest BCUT2D eigenvalue weighted by molar-refractivity contribution is 5.49. The zero-order valence-electron chi connectivity index (χ0n) is 11.7. The van der Waals surface area contributed by atoms with Crippen LogP contribution in [-0.4, -0.2) is 13.2 Å². The fourth-order valence-corrected chi connectivity index (χ4v) is 3.28. The first-order chi connectivity index (χ1) is 9.28. The molecule has 1 saturated carbocycles. The van der Waals surface area contributed by atoms with Gasteiger partial charge in [0.2, 0.25) is 0 Å². The molecule has 104 valence electrons. The molecule has 2 aliphatic carbocycles. The molecule has 0 saturated heterocycles. The fraction of sp³-hybridized carbons (Fsp3) is 0.625. The highest BCUT2D eigenvalue weighted by Crippen LogP contribution is 2.38. The fourth-order valence-electron chi connectivity index (χ4n) is 3.28. The van der Waals surface area contributed by atoms with Crippen molar-refractivity contribution in [3.63, 3.8) is 0 Å². The zero-order chi connectivity index (χ0) is 13.2. The minimum Gasteiger partial charge on any atom is -0.493 e. The Balaban J connectivity index is 1.89. The number of rotatable bonds is 3. The molecule has 0 spiro atoms. The van der Waals surface area contributed by atoms with Gasteiger partial charge in [-0.3, -0.25) is 0 Å². The molecule has 3 heteroatoms. The second kappa shape index (κ2) is 5.41. The normalized spacial score (nSPS) is 23.2. The van der Waals surface area contributed by atoms with Crippen LogP contribution in [0.4, 0.5) is 0 Å². The second-order valence-corrected chi connectivity index (χ2v) is 5.72. The van der Waals surface area contributed by atoms with Crippen molar-refractivity contribution in [3.8, 4) is 11.5 Å². The maximum atomic E-state index is 6.19. The first-order valence-corrected chi connectivity index (χ1v) is 7.41. The molecule has 0 bridgehead atoms. The summed E-state index contributed by atoms with van der Waals surface area (Å²) in [6.07, 6.45) is 8.60. The van der Waals surface area contributed by atoms with Crippen molar-refractivity contribution in [2.45, 2.75) is 57.1 Å². The van der Waals surface area contributed by atoms with E-state index in [4.69, 9.17) is 15.2 Å². The lowest BCUT2D eigenvalue weighted by Crippen LogP contribution is -2.18. The van der Waals surface area contributed by atoms with Gasteiger partial charge < -0.3 is 15.2 Å². The van der Waals surface area contributed by atoms with E-state index in [-0.39, 0.29) is 6.04 Å². The zero-order valence-corrected chi connectivity index (χ0v) is 11.7. The van der Waals surface area contributed by atoms with Crippen molar-refractivity contribution in [2.24, 2.45) is 5.73 Å². The van der Waals surface area contributed by atoms with Gasteiger partial charge in [0.1, 0.15) is 0 Å². The van der Waals surface area contributed by atoms with Crippen molar-refractivity contribution in [2.75, 3.05) is 7.11 Å². The molecule has 0 aromatic heterocycles. The summed E-state index contributed by atoms with van der Waals surface area (Å²) >= 11 is 0. The van der Waals surface area contributed by atoms with Crippen LogP contribution >= 0.6 is 0 Å². The molecule has 0 amide bonds. The molecule has 2 aliphatic rings. The quantitative estimate of drug-likeness (QED) is 0.907. The average Bonchev–Trinajstić information content (AvgIpc) is 2.91. The van der Waals surface area contributed by atoms with Crippen LogP contribution in [0.3, 0.4) is 0 Å². The van der Waals surface area contributed by atoms with Crippen LogP contribution in [0.25, 0.3) is 0 Å². The van der Waals surface area contributed by atoms with Gasteiger partial charge in [-0.2, -0.15) is 0 Å². The molecule has 1 fully saturated rings. The minimum absolute atomic E-state index is 0.151. The Morgan fingerprint density at radius 2 is 1.84 bits per heavy atom. The molecule has 0 heterocycles. The Morgan fingerprint density at radius 1 is 1.05 bits per heavy atom. The maximum Gasteiger partial charge on any atom is 0.161 e. The maximum absolute atomic E-state index is 6.19. The average molecular weight is 261 g/mol. The van der Waals surface area contributed by atoms with Crippen molar-refractivity contribution >= 4 is 0 Å². The van der Waals surface area contributed by atoms with Crippen LogP contribution in [0.5, 0.6) is 11.5 Å². The predicted molar refractivity (Wildman–Crippen MR) is 75.7 cm³/mol. The summed E-state index contributed by atoms with van der Waals surface area (Å²) in [5.74, 6) is 1.74. The van der Waals surface area contributed by atoms with E-state index in [0.717, 1.165) is 24.3 Å². The van der Waals surface area contributed by atoms with Crippen LogP contribution in [0.2, 0.25) is 0 Å². The van der Waals surface area contributed by atoms with Crippen LogP contribution < -0.4 is 15.2 Å². The Hall–Kier alpha value is -1.22. The van der Waals surface area contributed by atoms with Gasteiger partial charge in [-0.15, -0.1) is 0 Å². The highest BCUT2D eigenvalue weighted by atomic mass is 16.5. The summed E-state index contributed by atoms with van der Waals surface area (Å²) in [6, 6.07) is 4.40. The van der Waals surface area contributed by atoms with Gasteiger partial charge in [0.15, 0.2) is 11.5 Å². The number of fused-ring (bicyclic) bond motifs is 1. The third kappa shape index (κ3) is 2.57. The molecule has 2 N–H and O–H groups in total. The summed E-state index contributed by atoms with van der Waals surface area (Å²) in [4.78, 5) is 0. The topological polar surface area (TPSA) is 44.5 Å². The standard InChI is InChI=1S/C16H23NO2/c1-18-15-10-13-11(5-4-8-14(13)17)9-16(15)19-12-6-2-3-7-12/h9-10,12,14H,2-8,17H2,1H3. The number of methoxy groups -OCH3 is 1.